The fourth-order valence-electron chi connectivity index (χ4n) is 4.04. The largest absolute Gasteiger partial charge is 0.330 e. The van der Waals surface area contributed by atoms with Gasteiger partial charge in [-0.05, 0) is 56.3 Å². The molecular weight excluding hydrogens is 360 g/mol. The third-order valence-electron chi connectivity index (χ3n) is 5.59. The van der Waals surface area contributed by atoms with Crippen molar-refractivity contribution in [3.8, 4) is 0 Å². The number of hydrogen-bond donors (Lipinski definition) is 0. The Morgan fingerprint density at radius 2 is 1.96 bits per heavy atom. The molecule has 1 aliphatic heterocycles. The molecule has 0 spiro atoms. The molecule has 0 aliphatic carbocycles. The van der Waals surface area contributed by atoms with Gasteiger partial charge >= 0.3 is 0 Å². The van der Waals surface area contributed by atoms with Gasteiger partial charge < -0.3 is 4.57 Å². The number of aromatic nitrogens is 5. The molecule has 4 aromatic rings. The lowest BCUT2D eigenvalue weighted by Crippen LogP contribution is -2.33. The van der Waals surface area contributed by atoms with Crippen molar-refractivity contribution >= 4 is 28.3 Å². The van der Waals surface area contributed by atoms with E-state index in [9.17, 15) is 0 Å². The van der Waals surface area contributed by atoms with E-state index in [0.29, 0.717) is 5.92 Å². The van der Waals surface area contributed by atoms with Crippen molar-refractivity contribution in [2.75, 3.05) is 13.1 Å². The second kappa shape index (κ2) is 6.62. The third-order valence-corrected chi connectivity index (χ3v) is 5.83. The summed E-state index contributed by atoms with van der Waals surface area (Å²) in [5.41, 5.74) is 3.01. The number of aryl methyl sites for hydroxylation is 1. The van der Waals surface area contributed by atoms with Gasteiger partial charge in [-0.15, -0.1) is 10.2 Å². The molecule has 4 heterocycles. The second-order valence-electron chi connectivity index (χ2n) is 7.26. The number of piperidine rings is 1. The first-order chi connectivity index (χ1) is 13.2. The molecule has 0 bridgehead atoms. The van der Waals surface area contributed by atoms with Crippen LogP contribution in [-0.4, -0.2) is 42.1 Å². The molecule has 0 unspecified atom stereocenters. The van der Waals surface area contributed by atoms with Gasteiger partial charge in [0.05, 0.1) is 17.6 Å². The average Bonchev–Trinajstić information content (AvgIpc) is 3.25. The van der Waals surface area contributed by atoms with Crippen LogP contribution in [0.3, 0.4) is 0 Å². The molecule has 1 saturated heterocycles. The maximum Gasteiger partial charge on any atom is 0.160 e. The highest BCUT2D eigenvalue weighted by molar-refractivity contribution is 6.31. The molecule has 0 radical (unpaired) electrons. The molecule has 5 rings (SSSR count). The van der Waals surface area contributed by atoms with Gasteiger partial charge in [-0.3, -0.25) is 9.30 Å². The fourth-order valence-corrected chi connectivity index (χ4v) is 4.21. The molecule has 138 valence electrons. The quantitative estimate of drug-likeness (QED) is 0.544. The lowest BCUT2D eigenvalue weighted by Gasteiger charge is -2.30. The van der Waals surface area contributed by atoms with Crippen LogP contribution in [0.25, 0.3) is 16.7 Å². The Hall–Kier alpha value is -2.44. The predicted octanol–water partition coefficient (Wildman–Crippen LogP) is 3.65. The van der Waals surface area contributed by atoms with Crippen molar-refractivity contribution in [2.24, 2.45) is 7.05 Å². The van der Waals surface area contributed by atoms with Crippen LogP contribution >= 0.6 is 11.6 Å². The van der Waals surface area contributed by atoms with Crippen molar-refractivity contribution in [3.05, 3.63) is 59.3 Å². The number of halogens is 1. The van der Waals surface area contributed by atoms with Crippen molar-refractivity contribution in [1.29, 1.82) is 0 Å². The molecule has 0 saturated carbocycles. The Morgan fingerprint density at radius 1 is 1.11 bits per heavy atom. The molecule has 27 heavy (non-hydrogen) atoms. The highest BCUT2D eigenvalue weighted by Crippen LogP contribution is 2.28. The van der Waals surface area contributed by atoms with Crippen molar-refractivity contribution < 1.29 is 0 Å². The number of imidazole rings is 1. The summed E-state index contributed by atoms with van der Waals surface area (Å²) in [4.78, 5) is 7.27. The highest BCUT2D eigenvalue weighted by Gasteiger charge is 2.25. The Labute approximate surface area is 162 Å². The molecule has 0 atom stereocenters. The monoisotopic (exact) mass is 380 g/mol. The second-order valence-corrected chi connectivity index (χ2v) is 7.69. The standard InChI is InChI=1S/C20H21ClN6/c1-25-17-12-15(21)5-6-16(17)22-19(25)13-26-10-7-14(8-11-26)20-24-23-18-4-2-3-9-27(18)20/h2-6,9,12,14H,7-8,10-11,13H2,1H3. The summed E-state index contributed by atoms with van der Waals surface area (Å²) in [5.74, 6) is 2.62. The lowest BCUT2D eigenvalue weighted by molar-refractivity contribution is 0.195. The van der Waals surface area contributed by atoms with Gasteiger partial charge in [0.2, 0.25) is 0 Å². The van der Waals surface area contributed by atoms with E-state index in [1.807, 2.05) is 36.4 Å². The predicted molar refractivity (Wildman–Crippen MR) is 106 cm³/mol. The van der Waals surface area contributed by atoms with Crippen LogP contribution in [0.2, 0.25) is 5.02 Å². The molecule has 0 amide bonds. The number of rotatable bonds is 3. The third kappa shape index (κ3) is 2.99. The summed E-state index contributed by atoms with van der Waals surface area (Å²) in [6, 6.07) is 11.9. The van der Waals surface area contributed by atoms with E-state index in [-0.39, 0.29) is 0 Å². The first-order valence-corrected chi connectivity index (χ1v) is 9.70. The SMILES string of the molecule is Cn1c(CN2CCC(c3nnc4ccccn34)CC2)nc2ccc(Cl)cc21. The molecular formula is C20H21ClN6. The number of fused-ring (bicyclic) bond motifs is 2. The summed E-state index contributed by atoms with van der Waals surface area (Å²) in [6.07, 6.45) is 4.23. The molecule has 0 N–H and O–H groups in total. The zero-order valence-electron chi connectivity index (χ0n) is 15.2. The topological polar surface area (TPSA) is 51.2 Å². The number of nitrogens with zero attached hydrogens (tertiary/aromatic N) is 6. The molecule has 7 heteroatoms. The Balaban J connectivity index is 1.30. The van der Waals surface area contributed by atoms with Gasteiger partial charge in [0.1, 0.15) is 11.6 Å². The van der Waals surface area contributed by atoms with Crippen LogP contribution in [0.5, 0.6) is 0 Å². The van der Waals surface area contributed by atoms with Gasteiger partial charge in [0.15, 0.2) is 5.65 Å². The zero-order chi connectivity index (χ0) is 18.4. The molecule has 6 nitrogen and oxygen atoms in total. The minimum absolute atomic E-state index is 0.456. The van der Waals surface area contributed by atoms with E-state index in [2.05, 4.69) is 37.3 Å². The number of hydrogen-bond acceptors (Lipinski definition) is 4. The van der Waals surface area contributed by atoms with E-state index in [0.717, 1.165) is 65.8 Å². The molecule has 1 fully saturated rings. The van der Waals surface area contributed by atoms with Crippen molar-refractivity contribution in [3.63, 3.8) is 0 Å². The summed E-state index contributed by atoms with van der Waals surface area (Å²) in [5, 5.41) is 9.49. The lowest BCUT2D eigenvalue weighted by atomic mass is 9.96. The summed E-state index contributed by atoms with van der Waals surface area (Å²) in [7, 11) is 2.07. The molecule has 3 aromatic heterocycles. The van der Waals surface area contributed by atoms with Crippen LogP contribution in [0.1, 0.15) is 30.4 Å². The number of benzene rings is 1. The Bertz CT molecular complexity index is 1110. The minimum Gasteiger partial charge on any atom is -0.330 e. The first kappa shape index (κ1) is 16.7. The van der Waals surface area contributed by atoms with Crippen LogP contribution in [0.4, 0.5) is 0 Å². The summed E-state index contributed by atoms with van der Waals surface area (Å²) < 4.78 is 4.27. The van der Waals surface area contributed by atoms with Crippen LogP contribution in [0.15, 0.2) is 42.6 Å². The number of likely N-dealkylation sites (tertiary alicyclic amines) is 1. The van der Waals surface area contributed by atoms with Crippen LogP contribution in [0, 0.1) is 0 Å². The van der Waals surface area contributed by atoms with E-state index in [1.54, 1.807) is 0 Å². The fraction of sp³-hybridized carbons (Fsp3) is 0.350. The molecule has 1 aromatic carbocycles. The van der Waals surface area contributed by atoms with Crippen LogP contribution < -0.4 is 0 Å². The zero-order valence-corrected chi connectivity index (χ0v) is 16.0. The minimum atomic E-state index is 0.456. The van der Waals surface area contributed by atoms with Gasteiger partial charge in [-0.25, -0.2) is 4.98 Å². The van der Waals surface area contributed by atoms with Gasteiger partial charge in [-0.2, -0.15) is 0 Å². The number of pyridine rings is 1. The Morgan fingerprint density at radius 3 is 2.81 bits per heavy atom. The van der Waals surface area contributed by atoms with E-state index in [1.165, 1.54) is 0 Å². The van der Waals surface area contributed by atoms with Crippen molar-refractivity contribution in [2.45, 2.75) is 25.3 Å². The van der Waals surface area contributed by atoms with E-state index >= 15 is 0 Å². The smallest absolute Gasteiger partial charge is 0.160 e. The van der Waals surface area contributed by atoms with Gasteiger partial charge in [-0.1, -0.05) is 17.7 Å². The highest BCUT2D eigenvalue weighted by atomic mass is 35.5. The first-order valence-electron chi connectivity index (χ1n) is 9.32. The summed E-state index contributed by atoms with van der Waals surface area (Å²) >= 11 is 6.13. The average molecular weight is 381 g/mol. The molecule has 1 aliphatic rings. The maximum absolute atomic E-state index is 6.13. The maximum atomic E-state index is 6.13. The van der Waals surface area contributed by atoms with Crippen LogP contribution in [-0.2, 0) is 13.6 Å². The van der Waals surface area contributed by atoms with Gasteiger partial charge in [0, 0.05) is 24.2 Å². The van der Waals surface area contributed by atoms with Crippen molar-refractivity contribution in [1.82, 2.24) is 29.0 Å². The Kier molecular flexibility index (Phi) is 4.10. The van der Waals surface area contributed by atoms with E-state index in [4.69, 9.17) is 16.6 Å². The van der Waals surface area contributed by atoms with E-state index < -0.39 is 0 Å². The van der Waals surface area contributed by atoms with Gasteiger partial charge in [0.25, 0.3) is 0 Å². The summed E-state index contributed by atoms with van der Waals surface area (Å²) in [6.45, 7) is 2.93. The normalized spacial score (nSPS) is 16.5.